The maximum absolute atomic E-state index is 11.8. The number of carbonyl (C=O) groups excluding carboxylic acids is 2. The molecular formula is C15H22Cl2N4O3. The van der Waals surface area contributed by atoms with Gasteiger partial charge in [-0.2, -0.15) is 0 Å². The van der Waals surface area contributed by atoms with E-state index >= 15 is 0 Å². The van der Waals surface area contributed by atoms with Crippen molar-refractivity contribution in [3.05, 3.63) is 24.1 Å². The molecule has 7 nitrogen and oxygen atoms in total. The van der Waals surface area contributed by atoms with Gasteiger partial charge in [0.1, 0.15) is 5.52 Å². The molecule has 0 unspecified atom stereocenters. The minimum Gasteiger partial charge on any atom is -0.441 e. The Morgan fingerprint density at radius 2 is 1.96 bits per heavy atom. The molecule has 4 N–H and O–H groups in total. The van der Waals surface area contributed by atoms with Gasteiger partial charge in [-0.25, -0.2) is 4.98 Å². The Balaban J connectivity index is 0.00000264. The molecule has 0 saturated carbocycles. The summed E-state index contributed by atoms with van der Waals surface area (Å²) in [5.74, 6) is -0.0918. The van der Waals surface area contributed by atoms with Crippen LogP contribution in [0, 0.1) is 12.8 Å². The average molecular weight is 377 g/mol. The number of anilines is 1. The molecule has 24 heavy (non-hydrogen) atoms. The Hall–Kier alpha value is -1.83. The number of nitrogens with two attached hydrogens (primary N) is 1. The van der Waals surface area contributed by atoms with Gasteiger partial charge in [-0.1, -0.05) is 13.8 Å². The van der Waals surface area contributed by atoms with E-state index < -0.39 is 6.04 Å². The third kappa shape index (κ3) is 5.67. The summed E-state index contributed by atoms with van der Waals surface area (Å²) in [7, 11) is 0. The number of benzene rings is 1. The summed E-state index contributed by atoms with van der Waals surface area (Å²) in [5.41, 5.74) is 7.62. The molecule has 1 atom stereocenters. The van der Waals surface area contributed by atoms with Crippen LogP contribution in [0.4, 0.5) is 5.69 Å². The summed E-state index contributed by atoms with van der Waals surface area (Å²) in [5, 5.41) is 5.21. The Kier molecular flexibility index (Phi) is 8.74. The molecule has 0 aliphatic heterocycles. The van der Waals surface area contributed by atoms with Crippen molar-refractivity contribution in [3.8, 4) is 0 Å². The predicted octanol–water partition coefficient (Wildman–Crippen LogP) is 2.02. The van der Waals surface area contributed by atoms with Crippen LogP contribution < -0.4 is 16.4 Å². The van der Waals surface area contributed by atoms with Crippen LogP contribution in [0.1, 0.15) is 19.7 Å². The highest BCUT2D eigenvalue weighted by Gasteiger charge is 2.17. The number of hydrogen-bond acceptors (Lipinski definition) is 5. The first-order valence-corrected chi connectivity index (χ1v) is 7.07. The van der Waals surface area contributed by atoms with Crippen molar-refractivity contribution < 1.29 is 14.0 Å². The molecule has 0 spiro atoms. The van der Waals surface area contributed by atoms with Gasteiger partial charge in [0.05, 0.1) is 12.6 Å². The molecule has 0 aliphatic rings. The van der Waals surface area contributed by atoms with Gasteiger partial charge in [-0.3, -0.25) is 9.59 Å². The zero-order valence-corrected chi connectivity index (χ0v) is 15.3. The third-order valence-electron chi connectivity index (χ3n) is 3.22. The monoisotopic (exact) mass is 376 g/mol. The predicted molar refractivity (Wildman–Crippen MR) is 97.7 cm³/mol. The smallest absolute Gasteiger partial charge is 0.243 e. The Bertz CT molecular complexity index is 703. The first-order valence-electron chi connectivity index (χ1n) is 7.07. The van der Waals surface area contributed by atoms with E-state index in [4.69, 9.17) is 10.2 Å². The number of rotatable bonds is 5. The van der Waals surface area contributed by atoms with Crippen molar-refractivity contribution in [2.45, 2.75) is 26.8 Å². The van der Waals surface area contributed by atoms with Crippen LogP contribution in [-0.4, -0.2) is 29.4 Å². The molecule has 9 heteroatoms. The topological polar surface area (TPSA) is 110 Å². The minimum absolute atomic E-state index is 0. The van der Waals surface area contributed by atoms with Crippen LogP contribution in [0.15, 0.2) is 22.6 Å². The lowest BCUT2D eigenvalue weighted by Gasteiger charge is -2.15. The number of oxazole rings is 1. The Morgan fingerprint density at radius 3 is 2.58 bits per heavy atom. The van der Waals surface area contributed by atoms with E-state index in [2.05, 4.69) is 15.6 Å². The fraction of sp³-hybridized carbons (Fsp3) is 0.400. The molecule has 0 bridgehead atoms. The lowest BCUT2D eigenvalue weighted by Crippen LogP contribution is -2.46. The van der Waals surface area contributed by atoms with Gasteiger partial charge in [0.15, 0.2) is 11.5 Å². The number of nitrogens with zero attached hydrogens (tertiary/aromatic N) is 1. The molecule has 2 amide bonds. The van der Waals surface area contributed by atoms with Crippen LogP contribution in [0.2, 0.25) is 0 Å². The van der Waals surface area contributed by atoms with E-state index in [-0.39, 0.29) is 49.1 Å². The van der Waals surface area contributed by atoms with Gasteiger partial charge in [-0.15, -0.1) is 24.8 Å². The normalized spacial score (nSPS) is 11.4. The van der Waals surface area contributed by atoms with Crippen molar-refractivity contribution in [1.29, 1.82) is 0 Å². The van der Waals surface area contributed by atoms with Crippen LogP contribution in [0.5, 0.6) is 0 Å². The molecule has 1 heterocycles. The van der Waals surface area contributed by atoms with Crippen LogP contribution in [-0.2, 0) is 9.59 Å². The summed E-state index contributed by atoms with van der Waals surface area (Å²) < 4.78 is 5.36. The quantitative estimate of drug-likeness (QED) is 0.738. The first-order chi connectivity index (χ1) is 10.4. The number of aromatic nitrogens is 1. The third-order valence-corrected chi connectivity index (χ3v) is 3.22. The van der Waals surface area contributed by atoms with Crippen LogP contribution in [0.3, 0.4) is 0 Å². The Labute approximate surface area is 152 Å². The molecule has 134 valence electrons. The van der Waals surface area contributed by atoms with E-state index in [1.807, 2.05) is 13.8 Å². The van der Waals surface area contributed by atoms with Crippen molar-refractivity contribution in [2.24, 2.45) is 11.7 Å². The molecule has 2 aromatic rings. The molecular weight excluding hydrogens is 355 g/mol. The average Bonchev–Trinajstić information content (AvgIpc) is 2.83. The van der Waals surface area contributed by atoms with E-state index in [0.29, 0.717) is 22.7 Å². The number of aryl methyl sites for hydroxylation is 1. The van der Waals surface area contributed by atoms with Crippen LogP contribution in [0.25, 0.3) is 11.1 Å². The summed E-state index contributed by atoms with van der Waals surface area (Å²) >= 11 is 0. The van der Waals surface area contributed by atoms with E-state index in [1.165, 1.54) is 0 Å². The van der Waals surface area contributed by atoms with Crippen molar-refractivity contribution in [3.63, 3.8) is 0 Å². The number of carbonyl (C=O) groups is 2. The van der Waals surface area contributed by atoms with Crippen molar-refractivity contribution in [1.82, 2.24) is 10.3 Å². The lowest BCUT2D eigenvalue weighted by atomic mass is 10.1. The molecule has 1 aromatic heterocycles. The number of halogens is 2. The van der Waals surface area contributed by atoms with Gasteiger partial charge in [0, 0.05) is 12.6 Å². The van der Waals surface area contributed by atoms with Gasteiger partial charge in [0.25, 0.3) is 0 Å². The fourth-order valence-electron chi connectivity index (χ4n) is 1.91. The molecule has 0 fully saturated rings. The second kappa shape index (κ2) is 9.46. The number of nitrogens with one attached hydrogen (secondary N) is 2. The zero-order valence-electron chi connectivity index (χ0n) is 13.7. The molecule has 0 radical (unpaired) electrons. The molecule has 1 aromatic carbocycles. The van der Waals surface area contributed by atoms with Crippen LogP contribution >= 0.6 is 24.8 Å². The fourth-order valence-corrected chi connectivity index (χ4v) is 1.91. The van der Waals surface area contributed by atoms with Gasteiger partial charge >= 0.3 is 0 Å². The largest absolute Gasteiger partial charge is 0.441 e. The summed E-state index contributed by atoms with van der Waals surface area (Å²) in [6, 6.07) is 4.54. The molecule has 0 aliphatic carbocycles. The summed E-state index contributed by atoms with van der Waals surface area (Å²) in [6.07, 6.45) is 0. The van der Waals surface area contributed by atoms with Gasteiger partial charge in [-0.05, 0) is 24.1 Å². The zero-order chi connectivity index (χ0) is 16.3. The maximum Gasteiger partial charge on any atom is 0.243 e. The number of amides is 2. The highest BCUT2D eigenvalue weighted by Crippen LogP contribution is 2.19. The van der Waals surface area contributed by atoms with E-state index in [0.717, 1.165) is 0 Å². The summed E-state index contributed by atoms with van der Waals surface area (Å²) in [6.45, 7) is 5.32. The first kappa shape index (κ1) is 22.2. The SMILES string of the molecule is Cc1nc2cc(NC(=O)CNC(=O)[C@@H](N)C(C)C)ccc2o1.Cl.Cl. The lowest BCUT2D eigenvalue weighted by molar-refractivity contribution is -0.125. The number of hydrogen-bond donors (Lipinski definition) is 3. The van der Waals surface area contributed by atoms with E-state index in [9.17, 15) is 9.59 Å². The maximum atomic E-state index is 11.8. The second-order valence-corrected chi connectivity index (χ2v) is 5.45. The minimum atomic E-state index is -0.623. The highest BCUT2D eigenvalue weighted by atomic mass is 35.5. The van der Waals surface area contributed by atoms with Gasteiger partial charge in [0.2, 0.25) is 11.8 Å². The molecule has 2 rings (SSSR count). The second-order valence-electron chi connectivity index (χ2n) is 5.45. The van der Waals surface area contributed by atoms with Crippen molar-refractivity contribution in [2.75, 3.05) is 11.9 Å². The van der Waals surface area contributed by atoms with Crippen molar-refractivity contribution >= 4 is 53.4 Å². The highest BCUT2D eigenvalue weighted by molar-refractivity contribution is 5.96. The Morgan fingerprint density at radius 1 is 1.29 bits per heavy atom. The molecule has 0 saturated heterocycles. The standard InChI is InChI=1S/C15H20N4O3.2ClH/c1-8(2)14(16)15(21)17-7-13(20)19-10-4-5-12-11(6-10)18-9(3)22-12;;/h4-6,8,14H,7,16H2,1-3H3,(H,17,21)(H,19,20);2*1H/t14-;;/m0../s1. The van der Waals surface area contributed by atoms with Gasteiger partial charge < -0.3 is 20.8 Å². The number of fused-ring (bicyclic) bond motifs is 1. The summed E-state index contributed by atoms with van der Waals surface area (Å²) in [4.78, 5) is 27.7. The van der Waals surface area contributed by atoms with E-state index in [1.54, 1.807) is 25.1 Å².